The van der Waals surface area contributed by atoms with Crippen molar-refractivity contribution in [2.24, 2.45) is 0 Å². The smallest absolute Gasteiger partial charge is 0.187 e. The van der Waals surface area contributed by atoms with Gasteiger partial charge < -0.3 is 44.5 Å². The van der Waals surface area contributed by atoms with Gasteiger partial charge in [0.1, 0.15) is 36.6 Å². The molecule has 0 aromatic rings. The first-order chi connectivity index (χ1) is 10.3. The normalized spacial score (nSPS) is 53.5. The summed E-state index contributed by atoms with van der Waals surface area (Å²) >= 11 is 0. The van der Waals surface area contributed by atoms with Gasteiger partial charge in [-0.1, -0.05) is 0 Å². The highest BCUT2D eigenvalue weighted by Crippen LogP contribution is 2.29. The standard InChI is InChI=1S/C13H24O9/c1-4-6(14)8(16)9(17)13(21-4)22-11-7(15)5(2)20-12(19-3)10(11)18/h4-18H,1-3H3/t4-,5-,6-,7-,8+,9+,10+,11+,12+,13-/m0/s1. The van der Waals surface area contributed by atoms with E-state index in [0.717, 1.165) is 0 Å². The highest BCUT2D eigenvalue weighted by Gasteiger charge is 2.49. The summed E-state index contributed by atoms with van der Waals surface area (Å²) in [4.78, 5) is 0. The molecule has 0 unspecified atom stereocenters. The lowest BCUT2D eigenvalue weighted by atomic mass is 9.97. The summed E-state index contributed by atoms with van der Waals surface area (Å²) in [5.74, 6) is 0. The molecule has 22 heavy (non-hydrogen) atoms. The van der Waals surface area contributed by atoms with E-state index in [4.69, 9.17) is 18.9 Å². The van der Waals surface area contributed by atoms with E-state index in [2.05, 4.69) is 0 Å². The average Bonchev–Trinajstić information content (AvgIpc) is 2.50. The van der Waals surface area contributed by atoms with Crippen LogP contribution in [0.5, 0.6) is 0 Å². The predicted octanol–water partition coefficient (Wildman–Crippen LogP) is -2.69. The van der Waals surface area contributed by atoms with Crippen molar-refractivity contribution in [2.75, 3.05) is 7.11 Å². The van der Waals surface area contributed by atoms with Crippen LogP contribution in [0.1, 0.15) is 13.8 Å². The summed E-state index contributed by atoms with van der Waals surface area (Å²) < 4.78 is 21.0. The van der Waals surface area contributed by atoms with Crippen molar-refractivity contribution in [3.05, 3.63) is 0 Å². The van der Waals surface area contributed by atoms with Crippen molar-refractivity contribution in [3.8, 4) is 0 Å². The van der Waals surface area contributed by atoms with Crippen LogP contribution in [0.3, 0.4) is 0 Å². The Hall–Kier alpha value is -0.360. The summed E-state index contributed by atoms with van der Waals surface area (Å²) in [6, 6.07) is 0. The molecule has 0 aliphatic carbocycles. The van der Waals surface area contributed by atoms with Crippen LogP contribution in [0.25, 0.3) is 0 Å². The summed E-state index contributed by atoms with van der Waals surface area (Å²) in [6.07, 6.45) is -11.7. The minimum atomic E-state index is -1.52. The third-order valence-electron chi connectivity index (χ3n) is 4.11. The first kappa shape index (κ1) is 18.0. The predicted molar refractivity (Wildman–Crippen MR) is 70.6 cm³/mol. The maximum Gasteiger partial charge on any atom is 0.187 e. The Morgan fingerprint density at radius 3 is 1.82 bits per heavy atom. The third kappa shape index (κ3) is 3.28. The van der Waals surface area contributed by atoms with Gasteiger partial charge in [0, 0.05) is 7.11 Å². The molecule has 2 fully saturated rings. The second-order valence-corrected chi connectivity index (χ2v) is 5.71. The van der Waals surface area contributed by atoms with Gasteiger partial charge in [0.15, 0.2) is 12.6 Å². The number of aliphatic hydroxyl groups is 5. The van der Waals surface area contributed by atoms with E-state index in [9.17, 15) is 25.5 Å². The van der Waals surface area contributed by atoms with E-state index < -0.39 is 61.4 Å². The van der Waals surface area contributed by atoms with Gasteiger partial charge in [-0.05, 0) is 13.8 Å². The Morgan fingerprint density at radius 1 is 0.682 bits per heavy atom. The van der Waals surface area contributed by atoms with Gasteiger partial charge in [-0.3, -0.25) is 0 Å². The zero-order valence-corrected chi connectivity index (χ0v) is 12.6. The zero-order chi connectivity index (χ0) is 16.6. The van der Waals surface area contributed by atoms with E-state index in [0.29, 0.717) is 0 Å². The Bertz CT molecular complexity index is 367. The summed E-state index contributed by atoms with van der Waals surface area (Å²) in [5.41, 5.74) is 0. The maximum atomic E-state index is 10.1. The molecule has 9 nitrogen and oxygen atoms in total. The summed E-state index contributed by atoms with van der Waals surface area (Å²) in [5, 5.41) is 49.6. The molecule has 5 N–H and O–H groups in total. The second kappa shape index (κ2) is 7.04. The molecular weight excluding hydrogens is 300 g/mol. The molecule has 130 valence electrons. The Labute approximate surface area is 128 Å². The molecule has 0 radical (unpaired) electrons. The number of aliphatic hydroxyl groups excluding tert-OH is 5. The number of rotatable bonds is 3. The second-order valence-electron chi connectivity index (χ2n) is 5.71. The van der Waals surface area contributed by atoms with Crippen LogP contribution in [0, 0.1) is 0 Å². The lowest BCUT2D eigenvalue weighted by Gasteiger charge is -2.45. The van der Waals surface area contributed by atoms with Crippen molar-refractivity contribution >= 4 is 0 Å². The minimum Gasteiger partial charge on any atom is -0.388 e. The van der Waals surface area contributed by atoms with E-state index in [1.165, 1.54) is 14.0 Å². The summed E-state index contributed by atoms with van der Waals surface area (Å²) in [7, 11) is 1.34. The molecule has 0 saturated carbocycles. The van der Waals surface area contributed by atoms with Crippen LogP contribution in [-0.2, 0) is 18.9 Å². The molecular formula is C13H24O9. The van der Waals surface area contributed by atoms with Gasteiger partial charge in [0.2, 0.25) is 0 Å². The van der Waals surface area contributed by atoms with Crippen molar-refractivity contribution in [1.82, 2.24) is 0 Å². The van der Waals surface area contributed by atoms with Gasteiger partial charge in [-0.25, -0.2) is 0 Å². The van der Waals surface area contributed by atoms with Gasteiger partial charge in [-0.2, -0.15) is 0 Å². The highest BCUT2D eigenvalue weighted by atomic mass is 16.7. The molecule has 9 heteroatoms. The SMILES string of the molecule is CO[C@@H]1O[C@@H](C)[C@H](O)[C@@H](O[C@@H]2O[C@@H](C)[C@H](O)[C@@H](O)[C@H]2O)[C@H]1O. The van der Waals surface area contributed by atoms with Crippen LogP contribution in [0.2, 0.25) is 0 Å². The molecule has 2 rings (SSSR count). The first-order valence-corrected chi connectivity index (χ1v) is 7.17. The molecule has 2 saturated heterocycles. The van der Waals surface area contributed by atoms with Crippen molar-refractivity contribution in [3.63, 3.8) is 0 Å². The fraction of sp³-hybridized carbons (Fsp3) is 1.00. The van der Waals surface area contributed by atoms with Gasteiger partial charge in [0.25, 0.3) is 0 Å². The van der Waals surface area contributed by atoms with Crippen molar-refractivity contribution in [1.29, 1.82) is 0 Å². The molecule has 0 aromatic carbocycles. The molecule has 0 spiro atoms. The fourth-order valence-corrected chi connectivity index (χ4v) is 2.63. The molecule has 2 aliphatic rings. The Morgan fingerprint density at radius 2 is 1.23 bits per heavy atom. The maximum absolute atomic E-state index is 10.1. The topological polar surface area (TPSA) is 138 Å². The molecule has 0 amide bonds. The van der Waals surface area contributed by atoms with E-state index in [1.807, 2.05) is 0 Å². The van der Waals surface area contributed by atoms with E-state index in [1.54, 1.807) is 6.92 Å². The Balaban J connectivity index is 2.10. The van der Waals surface area contributed by atoms with Crippen LogP contribution in [-0.4, -0.2) is 94.1 Å². The average molecular weight is 324 g/mol. The van der Waals surface area contributed by atoms with Crippen LogP contribution in [0.15, 0.2) is 0 Å². The fourth-order valence-electron chi connectivity index (χ4n) is 2.63. The number of ether oxygens (including phenoxy) is 4. The third-order valence-corrected chi connectivity index (χ3v) is 4.11. The van der Waals surface area contributed by atoms with Crippen LogP contribution >= 0.6 is 0 Å². The van der Waals surface area contributed by atoms with Crippen molar-refractivity contribution < 1.29 is 44.5 Å². The van der Waals surface area contributed by atoms with Gasteiger partial charge in [0.05, 0.1) is 12.2 Å². The van der Waals surface area contributed by atoms with E-state index >= 15 is 0 Å². The largest absolute Gasteiger partial charge is 0.388 e. The number of hydrogen-bond donors (Lipinski definition) is 5. The zero-order valence-electron chi connectivity index (χ0n) is 12.6. The highest BCUT2D eigenvalue weighted by molar-refractivity contribution is 4.92. The van der Waals surface area contributed by atoms with Crippen LogP contribution < -0.4 is 0 Å². The lowest BCUT2D eigenvalue weighted by molar-refractivity contribution is -0.351. The molecule has 10 atom stereocenters. The van der Waals surface area contributed by atoms with Crippen molar-refractivity contribution in [2.45, 2.75) is 75.3 Å². The number of hydrogen-bond acceptors (Lipinski definition) is 9. The molecule has 0 bridgehead atoms. The monoisotopic (exact) mass is 324 g/mol. The minimum absolute atomic E-state index is 0.674. The lowest BCUT2D eigenvalue weighted by Crippen LogP contribution is -2.63. The van der Waals surface area contributed by atoms with Gasteiger partial charge >= 0.3 is 0 Å². The molecule has 2 aliphatic heterocycles. The quantitative estimate of drug-likeness (QED) is 0.376. The van der Waals surface area contributed by atoms with Crippen LogP contribution in [0.4, 0.5) is 0 Å². The Kier molecular flexibility index (Phi) is 5.75. The molecule has 0 aromatic heterocycles. The number of methoxy groups -OCH3 is 1. The van der Waals surface area contributed by atoms with Gasteiger partial charge in [-0.15, -0.1) is 0 Å². The molecule has 2 heterocycles. The van der Waals surface area contributed by atoms with E-state index in [-0.39, 0.29) is 0 Å². The first-order valence-electron chi connectivity index (χ1n) is 7.17. The summed E-state index contributed by atoms with van der Waals surface area (Å²) in [6.45, 7) is 3.09.